The molecule has 0 amide bonds. The summed E-state index contributed by atoms with van der Waals surface area (Å²) in [6, 6.07) is 12.9. The third-order valence-electron chi connectivity index (χ3n) is 3.88. The second-order valence-corrected chi connectivity index (χ2v) is 7.62. The zero-order chi connectivity index (χ0) is 17.9. The van der Waals surface area contributed by atoms with Gasteiger partial charge in [0, 0.05) is 30.7 Å². The summed E-state index contributed by atoms with van der Waals surface area (Å²) in [5.74, 6) is 0. The highest BCUT2D eigenvalue weighted by Gasteiger charge is 2.16. The Kier molecular flexibility index (Phi) is 4.92. The lowest BCUT2D eigenvalue weighted by Gasteiger charge is -2.10. The van der Waals surface area contributed by atoms with Crippen molar-refractivity contribution < 1.29 is 8.42 Å². The summed E-state index contributed by atoms with van der Waals surface area (Å²) < 4.78 is 27.7. The molecule has 0 saturated heterocycles. The number of aryl methyl sites for hydroxylation is 2. The van der Waals surface area contributed by atoms with Crippen LogP contribution in [0.5, 0.6) is 0 Å². The van der Waals surface area contributed by atoms with Crippen molar-refractivity contribution in [1.29, 1.82) is 0 Å². The van der Waals surface area contributed by atoms with Crippen LogP contribution in [0.1, 0.15) is 16.7 Å². The molecular weight excluding hydrogens is 334 g/mol. The number of nitrogens with zero attached hydrogens (tertiary/aromatic N) is 2. The molecule has 0 aliphatic rings. The fraction of sp³-hybridized carbons (Fsp3) is 0.158. The van der Waals surface area contributed by atoms with E-state index in [1.807, 2.05) is 43.3 Å². The van der Waals surface area contributed by atoms with Gasteiger partial charge in [-0.15, -0.1) is 0 Å². The minimum atomic E-state index is -3.56. The van der Waals surface area contributed by atoms with Crippen LogP contribution in [0.3, 0.4) is 0 Å². The fourth-order valence-electron chi connectivity index (χ4n) is 2.47. The summed E-state index contributed by atoms with van der Waals surface area (Å²) in [6.45, 7) is 3.85. The number of pyridine rings is 2. The van der Waals surface area contributed by atoms with Gasteiger partial charge >= 0.3 is 0 Å². The predicted molar refractivity (Wildman–Crippen MR) is 97.4 cm³/mol. The summed E-state index contributed by atoms with van der Waals surface area (Å²) in [5, 5.41) is 0. The number of hydrogen-bond acceptors (Lipinski definition) is 4. The number of benzene rings is 1. The summed E-state index contributed by atoms with van der Waals surface area (Å²) in [5.41, 5.74) is 4.15. The van der Waals surface area contributed by atoms with Crippen molar-refractivity contribution in [2.75, 3.05) is 0 Å². The molecule has 1 aromatic carbocycles. The molecule has 0 unspecified atom stereocenters. The van der Waals surface area contributed by atoms with Crippen molar-refractivity contribution in [1.82, 2.24) is 14.7 Å². The van der Waals surface area contributed by atoms with E-state index in [2.05, 4.69) is 14.7 Å². The Morgan fingerprint density at radius 2 is 1.88 bits per heavy atom. The van der Waals surface area contributed by atoms with Crippen LogP contribution in [0.15, 0.2) is 66.0 Å². The number of rotatable bonds is 5. The molecule has 0 fully saturated rings. The summed E-state index contributed by atoms with van der Waals surface area (Å²) in [4.78, 5) is 8.76. The van der Waals surface area contributed by atoms with Crippen LogP contribution in [0.25, 0.3) is 11.3 Å². The van der Waals surface area contributed by atoms with Crippen LogP contribution < -0.4 is 4.72 Å². The second kappa shape index (κ2) is 7.13. The Hall–Kier alpha value is -2.57. The zero-order valence-corrected chi connectivity index (χ0v) is 14.9. The second-order valence-electron chi connectivity index (χ2n) is 5.89. The van der Waals surface area contributed by atoms with Gasteiger partial charge in [-0.25, -0.2) is 13.1 Å². The van der Waals surface area contributed by atoms with E-state index in [0.717, 1.165) is 27.9 Å². The van der Waals surface area contributed by atoms with Gasteiger partial charge in [0.25, 0.3) is 0 Å². The van der Waals surface area contributed by atoms with E-state index in [1.54, 1.807) is 31.6 Å². The summed E-state index contributed by atoms with van der Waals surface area (Å²) in [7, 11) is -3.56. The van der Waals surface area contributed by atoms with Gasteiger partial charge in [-0.3, -0.25) is 9.97 Å². The summed E-state index contributed by atoms with van der Waals surface area (Å²) >= 11 is 0. The first-order valence-corrected chi connectivity index (χ1v) is 9.36. The molecule has 0 aliphatic carbocycles. The van der Waals surface area contributed by atoms with E-state index in [0.29, 0.717) is 4.90 Å². The fourth-order valence-corrected chi connectivity index (χ4v) is 3.81. The molecule has 3 aromatic rings. The first-order chi connectivity index (χ1) is 12.0. The normalized spacial score (nSPS) is 11.4. The first-order valence-electron chi connectivity index (χ1n) is 7.88. The van der Waals surface area contributed by atoms with E-state index in [1.165, 1.54) is 0 Å². The molecule has 0 aliphatic heterocycles. The molecule has 5 nitrogen and oxygen atoms in total. The predicted octanol–water partition coefficient (Wildman–Crippen LogP) is 3.24. The van der Waals surface area contributed by atoms with Gasteiger partial charge in [-0.1, -0.05) is 18.2 Å². The van der Waals surface area contributed by atoms with Crippen molar-refractivity contribution in [2.45, 2.75) is 25.3 Å². The lowest BCUT2D eigenvalue weighted by atomic mass is 10.1. The van der Waals surface area contributed by atoms with Crippen LogP contribution in [0, 0.1) is 13.8 Å². The standard InChI is InChI=1S/C19H19N3O2S/c1-14-5-6-15(2)19(10-14)25(23,24)22-12-16-7-8-18(21-11-16)17-4-3-9-20-13-17/h3-11,13,22H,12H2,1-2H3. The van der Waals surface area contributed by atoms with Crippen LogP contribution >= 0.6 is 0 Å². The van der Waals surface area contributed by atoms with E-state index in [4.69, 9.17) is 0 Å². The van der Waals surface area contributed by atoms with Gasteiger partial charge in [-0.2, -0.15) is 0 Å². The van der Waals surface area contributed by atoms with Crippen molar-refractivity contribution in [2.24, 2.45) is 0 Å². The summed E-state index contributed by atoms with van der Waals surface area (Å²) in [6.07, 6.45) is 5.12. The molecule has 128 valence electrons. The minimum Gasteiger partial charge on any atom is -0.264 e. The van der Waals surface area contributed by atoms with Gasteiger partial charge in [-0.05, 0) is 54.8 Å². The third kappa shape index (κ3) is 4.10. The van der Waals surface area contributed by atoms with Crippen LogP contribution in [0.2, 0.25) is 0 Å². The molecule has 3 rings (SSSR count). The average Bonchev–Trinajstić information content (AvgIpc) is 2.63. The first kappa shape index (κ1) is 17.3. The smallest absolute Gasteiger partial charge is 0.241 e. The highest BCUT2D eigenvalue weighted by Crippen LogP contribution is 2.18. The molecule has 0 spiro atoms. The molecule has 2 aromatic heterocycles. The number of nitrogens with one attached hydrogen (secondary N) is 1. The Bertz CT molecular complexity index is 969. The minimum absolute atomic E-state index is 0.191. The molecule has 25 heavy (non-hydrogen) atoms. The molecule has 0 saturated carbocycles. The van der Waals surface area contributed by atoms with Gasteiger partial charge in [0.2, 0.25) is 10.0 Å². The highest BCUT2D eigenvalue weighted by molar-refractivity contribution is 7.89. The number of sulfonamides is 1. The van der Waals surface area contributed by atoms with E-state index >= 15 is 0 Å². The van der Waals surface area contributed by atoms with E-state index < -0.39 is 10.0 Å². The van der Waals surface area contributed by atoms with Gasteiger partial charge in [0.05, 0.1) is 10.6 Å². The Labute approximate surface area is 147 Å². The van der Waals surface area contributed by atoms with E-state index in [-0.39, 0.29) is 6.54 Å². The molecular formula is C19H19N3O2S. The highest BCUT2D eigenvalue weighted by atomic mass is 32.2. The zero-order valence-electron chi connectivity index (χ0n) is 14.1. The lowest BCUT2D eigenvalue weighted by molar-refractivity contribution is 0.580. The van der Waals surface area contributed by atoms with Crippen molar-refractivity contribution in [3.63, 3.8) is 0 Å². The maximum absolute atomic E-state index is 12.5. The van der Waals surface area contributed by atoms with Crippen molar-refractivity contribution in [3.8, 4) is 11.3 Å². The topological polar surface area (TPSA) is 72.0 Å². The Morgan fingerprint density at radius 3 is 2.56 bits per heavy atom. The average molecular weight is 353 g/mol. The van der Waals surface area contributed by atoms with E-state index in [9.17, 15) is 8.42 Å². The van der Waals surface area contributed by atoms with Crippen molar-refractivity contribution in [3.05, 3.63) is 77.7 Å². The molecule has 0 bridgehead atoms. The number of aromatic nitrogens is 2. The Morgan fingerprint density at radius 1 is 1.04 bits per heavy atom. The third-order valence-corrected chi connectivity index (χ3v) is 5.42. The monoisotopic (exact) mass is 353 g/mol. The maximum Gasteiger partial charge on any atom is 0.241 e. The Balaban J connectivity index is 1.74. The van der Waals surface area contributed by atoms with Crippen molar-refractivity contribution >= 4 is 10.0 Å². The van der Waals surface area contributed by atoms with Crippen LogP contribution in [0.4, 0.5) is 0 Å². The lowest BCUT2D eigenvalue weighted by Crippen LogP contribution is -2.24. The quantitative estimate of drug-likeness (QED) is 0.764. The SMILES string of the molecule is Cc1ccc(C)c(S(=O)(=O)NCc2ccc(-c3cccnc3)nc2)c1. The molecule has 0 radical (unpaired) electrons. The van der Waals surface area contributed by atoms with Gasteiger partial charge < -0.3 is 0 Å². The number of hydrogen-bond donors (Lipinski definition) is 1. The maximum atomic E-state index is 12.5. The van der Waals surface area contributed by atoms with Gasteiger partial charge in [0.1, 0.15) is 0 Å². The van der Waals surface area contributed by atoms with Crippen LogP contribution in [-0.4, -0.2) is 18.4 Å². The largest absolute Gasteiger partial charge is 0.264 e. The molecule has 6 heteroatoms. The molecule has 1 N–H and O–H groups in total. The van der Waals surface area contributed by atoms with Crippen LogP contribution in [-0.2, 0) is 16.6 Å². The van der Waals surface area contributed by atoms with Gasteiger partial charge in [0.15, 0.2) is 0 Å². The molecule has 2 heterocycles. The molecule has 0 atom stereocenters.